The third-order valence-electron chi connectivity index (χ3n) is 3.33. The van der Waals surface area contributed by atoms with Crippen LogP contribution in [0.2, 0.25) is 0 Å². The number of hydrazine groups is 1. The van der Waals surface area contributed by atoms with Gasteiger partial charge in [0, 0.05) is 6.61 Å². The molecule has 0 radical (unpaired) electrons. The predicted molar refractivity (Wildman–Crippen MR) is 76.2 cm³/mol. The second-order valence-corrected chi connectivity index (χ2v) is 5.07. The molecular formula is C15H26N2O. The molecule has 0 spiro atoms. The molecule has 0 saturated heterocycles. The van der Waals surface area contributed by atoms with Gasteiger partial charge in [-0.15, -0.1) is 0 Å². The number of aryl methyl sites for hydroxylation is 1. The van der Waals surface area contributed by atoms with E-state index in [9.17, 15) is 0 Å². The van der Waals surface area contributed by atoms with Crippen LogP contribution in [0, 0.1) is 12.8 Å². The summed E-state index contributed by atoms with van der Waals surface area (Å²) in [6.07, 6.45) is 1.03. The van der Waals surface area contributed by atoms with E-state index in [1.807, 2.05) is 6.92 Å². The normalized spacial score (nSPS) is 14.8. The molecule has 0 saturated carbocycles. The average molecular weight is 250 g/mol. The first-order valence-corrected chi connectivity index (χ1v) is 6.72. The summed E-state index contributed by atoms with van der Waals surface area (Å²) in [4.78, 5) is 0. The Hall–Kier alpha value is -0.900. The van der Waals surface area contributed by atoms with Crippen molar-refractivity contribution < 1.29 is 4.74 Å². The fourth-order valence-electron chi connectivity index (χ4n) is 2.31. The molecule has 0 amide bonds. The monoisotopic (exact) mass is 250 g/mol. The van der Waals surface area contributed by atoms with Crippen LogP contribution in [0.15, 0.2) is 24.3 Å². The molecule has 0 fully saturated rings. The molecule has 0 aliphatic rings. The lowest BCUT2D eigenvalue weighted by molar-refractivity contribution is 0.00353. The maximum absolute atomic E-state index is 5.83. The highest BCUT2D eigenvalue weighted by Crippen LogP contribution is 2.17. The van der Waals surface area contributed by atoms with Crippen LogP contribution < -0.4 is 11.3 Å². The Balaban J connectivity index is 2.79. The SMILES string of the molecule is CCOC(C(C)C)C(Cc1ccccc1C)NN. The number of benzene rings is 1. The van der Waals surface area contributed by atoms with Gasteiger partial charge in [0.2, 0.25) is 0 Å². The van der Waals surface area contributed by atoms with Crippen LogP contribution >= 0.6 is 0 Å². The van der Waals surface area contributed by atoms with E-state index in [0.717, 1.165) is 13.0 Å². The van der Waals surface area contributed by atoms with Crippen molar-refractivity contribution in [1.82, 2.24) is 5.43 Å². The van der Waals surface area contributed by atoms with Crippen molar-refractivity contribution in [2.45, 2.75) is 46.3 Å². The van der Waals surface area contributed by atoms with Crippen molar-refractivity contribution in [1.29, 1.82) is 0 Å². The van der Waals surface area contributed by atoms with Gasteiger partial charge >= 0.3 is 0 Å². The third kappa shape index (κ3) is 4.09. The summed E-state index contributed by atoms with van der Waals surface area (Å²) >= 11 is 0. The van der Waals surface area contributed by atoms with E-state index >= 15 is 0 Å². The van der Waals surface area contributed by atoms with Gasteiger partial charge in [0.15, 0.2) is 0 Å². The number of ether oxygens (including phenoxy) is 1. The molecule has 3 heteroatoms. The zero-order chi connectivity index (χ0) is 13.5. The molecular weight excluding hydrogens is 224 g/mol. The van der Waals surface area contributed by atoms with Crippen molar-refractivity contribution in [2.24, 2.45) is 11.8 Å². The second-order valence-electron chi connectivity index (χ2n) is 5.07. The van der Waals surface area contributed by atoms with Crippen LogP contribution in [-0.2, 0) is 11.2 Å². The molecule has 2 unspecified atom stereocenters. The second kappa shape index (κ2) is 7.52. The molecule has 0 aliphatic carbocycles. The van der Waals surface area contributed by atoms with Crippen LogP contribution in [0.5, 0.6) is 0 Å². The molecule has 102 valence electrons. The lowest BCUT2D eigenvalue weighted by atomic mass is 9.92. The first kappa shape index (κ1) is 15.2. The minimum absolute atomic E-state index is 0.139. The lowest BCUT2D eigenvalue weighted by Gasteiger charge is -2.30. The highest BCUT2D eigenvalue weighted by molar-refractivity contribution is 5.26. The summed E-state index contributed by atoms with van der Waals surface area (Å²) in [7, 11) is 0. The van der Waals surface area contributed by atoms with Crippen molar-refractivity contribution in [2.75, 3.05) is 6.61 Å². The van der Waals surface area contributed by atoms with Crippen molar-refractivity contribution in [3.05, 3.63) is 35.4 Å². The largest absolute Gasteiger partial charge is 0.377 e. The van der Waals surface area contributed by atoms with Gasteiger partial charge in [-0.25, -0.2) is 0 Å². The number of hydrogen-bond donors (Lipinski definition) is 2. The topological polar surface area (TPSA) is 47.3 Å². The minimum atomic E-state index is 0.139. The zero-order valence-electron chi connectivity index (χ0n) is 11.9. The summed E-state index contributed by atoms with van der Waals surface area (Å²) in [5.41, 5.74) is 5.55. The van der Waals surface area contributed by atoms with Crippen LogP contribution in [0.3, 0.4) is 0 Å². The molecule has 0 aromatic heterocycles. The van der Waals surface area contributed by atoms with Gasteiger partial charge < -0.3 is 4.74 Å². The number of nitrogens with one attached hydrogen (secondary N) is 1. The van der Waals surface area contributed by atoms with Gasteiger partial charge in [-0.05, 0) is 37.3 Å². The van der Waals surface area contributed by atoms with Gasteiger partial charge in [-0.1, -0.05) is 38.1 Å². The van der Waals surface area contributed by atoms with Crippen molar-refractivity contribution in [3.63, 3.8) is 0 Å². The minimum Gasteiger partial charge on any atom is -0.377 e. The maximum Gasteiger partial charge on any atom is 0.0767 e. The summed E-state index contributed by atoms with van der Waals surface area (Å²) in [6.45, 7) is 9.21. The lowest BCUT2D eigenvalue weighted by Crippen LogP contribution is -2.49. The molecule has 0 bridgehead atoms. The van der Waals surface area contributed by atoms with E-state index < -0.39 is 0 Å². The summed E-state index contributed by atoms with van der Waals surface area (Å²) < 4.78 is 5.83. The predicted octanol–water partition coefficient (Wildman–Crippen LogP) is 2.43. The van der Waals surface area contributed by atoms with Gasteiger partial charge in [-0.2, -0.15) is 0 Å². The summed E-state index contributed by atoms with van der Waals surface area (Å²) in [5, 5.41) is 0. The fraction of sp³-hybridized carbons (Fsp3) is 0.600. The molecule has 1 aromatic rings. The van der Waals surface area contributed by atoms with Crippen LogP contribution in [-0.4, -0.2) is 18.8 Å². The fourth-order valence-corrected chi connectivity index (χ4v) is 2.31. The van der Waals surface area contributed by atoms with E-state index in [1.165, 1.54) is 11.1 Å². The van der Waals surface area contributed by atoms with Crippen molar-refractivity contribution in [3.8, 4) is 0 Å². The van der Waals surface area contributed by atoms with E-state index in [-0.39, 0.29) is 12.1 Å². The highest BCUT2D eigenvalue weighted by Gasteiger charge is 2.24. The van der Waals surface area contributed by atoms with Crippen molar-refractivity contribution >= 4 is 0 Å². The van der Waals surface area contributed by atoms with E-state index in [0.29, 0.717) is 5.92 Å². The zero-order valence-corrected chi connectivity index (χ0v) is 11.9. The first-order chi connectivity index (χ1) is 8.60. The van der Waals surface area contributed by atoms with Crippen LogP contribution in [0.25, 0.3) is 0 Å². The van der Waals surface area contributed by atoms with Gasteiger partial charge in [0.25, 0.3) is 0 Å². The van der Waals surface area contributed by atoms with Crippen LogP contribution in [0.1, 0.15) is 31.9 Å². The summed E-state index contributed by atoms with van der Waals surface area (Å²) in [6, 6.07) is 8.57. The number of hydrogen-bond acceptors (Lipinski definition) is 3. The number of rotatable bonds is 7. The third-order valence-corrected chi connectivity index (χ3v) is 3.33. The van der Waals surface area contributed by atoms with E-state index in [4.69, 9.17) is 10.6 Å². The van der Waals surface area contributed by atoms with E-state index in [1.54, 1.807) is 0 Å². The Morgan fingerprint density at radius 3 is 2.44 bits per heavy atom. The quantitative estimate of drug-likeness (QED) is 0.577. The molecule has 1 rings (SSSR count). The Bertz CT molecular complexity index is 352. The standard InChI is InChI=1S/C15H26N2O/c1-5-18-15(11(2)3)14(17-16)10-13-9-7-6-8-12(13)4/h6-9,11,14-15,17H,5,10,16H2,1-4H3. The van der Waals surface area contributed by atoms with Crippen LogP contribution in [0.4, 0.5) is 0 Å². The Kier molecular flexibility index (Phi) is 6.33. The molecule has 3 N–H and O–H groups in total. The highest BCUT2D eigenvalue weighted by atomic mass is 16.5. The molecule has 0 aliphatic heterocycles. The first-order valence-electron chi connectivity index (χ1n) is 6.72. The average Bonchev–Trinajstić information content (AvgIpc) is 2.35. The summed E-state index contributed by atoms with van der Waals surface area (Å²) in [5.74, 6) is 6.15. The smallest absolute Gasteiger partial charge is 0.0767 e. The maximum atomic E-state index is 5.83. The Morgan fingerprint density at radius 2 is 1.94 bits per heavy atom. The van der Waals surface area contributed by atoms with Gasteiger partial charge in [0.05, 0.1) is 12.1 Å². The van der Waals surface area contributed by atoms with E-state index in [2.05, 4.69) is 50.5 Å². The van der Waals surface area contributed by atoms with Gasteiger partial charge in [0.1, 0.15) is 0 Å². The molecule has 18 heavy (non-hydrogen) atoms. The molecule has 1 aromatic carbocycles. The number of nitrogens with two attached hydrogens (primary N) is 1. The molecule has 0 heterocycles. The molecule has 3 nitrogen and oxygen atoms in total. The van der Waals surface area contributed by atoms with Gasteiger partial charge in [-0.3, -0.25) is 11.3 Å². The Morgan fingerprint density at radius 1 is 1.28 bits per heavy atom. The Labute approximate surface area is 111 Å². The molecule has 2 atom stereocenters.